The van der Waals surface area contributed by atoms with E-state index in [1.54, 1.807) is 18.2 Å². The summed E-state index contributed by atoms with van der Waals surface area (Å²) in [4.78, 5) is 28.2. The van der Waals surface area contributed by atoms with Crippen LogP contribution in [0.15, 0.2) is 34.9 Å². The lowest BCUT2D eigenvalue weighted by Gasteiger charge is -2.10. The van der Waals surface area contributed by atoms with Crippen LogP contribution >= 0.6 is 34.8 Å². The fraction of sp³-hybridized carbons (Fsp3) is 0.200. The van der Waals surface area contributed by atoms with Crippen molar-refractivity contribution >= 4 is 46.6 Å². The van der Waals surface area contributed by atoms with E-state index in [2.05, 4.69) is 20.8 Å². The number of halogens is 3. The van der Waals surface area contributed by atoms with Gasteiger partial charge in [0.1, 0.15) is 5.75 Å². The number of rotatable bonds is 8. The Morgan fingerprint density at radius 3 is 2.58 bits per heavy atom. The van der Waals surface area contributed by atoms with Gasteiger partial charge in [-0.1, -0.05) is 40.0 Å². The molecule has 172 valence electrons. The van der Waals surface area contributed by atoms with E-state index in [0.29, 0.717) is 17.1 Å². The van der Waals surface area contributed by atoms with Gasteiger partial charge in [-0.05, 0) is 24.3 Å². The van der Waals surface area contributed by atoms with Gasteiger partial charge in [0.2, 0.25) is 12.6 Å². The second kappa shape index (κ2) is 10.2. The van der Waals surface area contributed by atoms with Crippen molar-refractivity contribution in [3.63, 3.8) is 0 Å². The summed E-state index contributed by atoms with van der Waals surface area (Å²) >= 11 is 17.7. The van der Waals surface area contributed by atoms with E-state index in [4.69, 9.17) is 53.5 Å². The Hall–Kier alpha value is -3.21. The Labute approximate surface area is 202 Å². The summed E-state index contributed by atoms with van der Waals surface area (Å²) in [6.45, 7) is 0.116. The molecule has 2 heterocycles. The van der Waals surface area contributed by atoms with Crippen molar-refractivity contribution in [2.24, 2.45) is 0 Å². The summed E-state index contributed by atoms with van der Waals surface area (Å²) in [6, 6.07) is 7.97. The van der Waals surface area contributed by atoms with Crippen LogP contribution in [0.5, 0.6) is 17.2 Å². The van der Waals surface area contributed by atoms with E-state index < -0.39 is 11.8 Å². The third kappa shape index (κ3) is 5.59. The van der Waals surface area contributed by atoms with Crippen LogP contribution in [0.2, 0.25) is 15.1 Å². The quantitative estimate of drug-likeness (QED) is 0.347. The molecule has 4 rings (SSSR count). The van der Waals surface area contributed by atoms with E-state index in [0.717, 1.165) is 0 Å². The molecule has 0 saturated heterocycles. The molecule has 0 aliphatic carbocycles. The molecule has 1 aromatic heterocycles. The van der Waals surface area contributed by atoms with E-state index in [1.807, 2.05) is 0 Å². The van der Waals surface area contributed by atoms with Crippen molar-refractivity contribution in [1.29, 1.82) is 0 Å². The molecule has 1 aliphatic rings. The normalized spacial score (nSPS) is 11.8. The molecule has 1 aliphatic heterocycles. The number of carbonyl (C=O) groups is 2. The van der Waals surface area contributed by atoms with E-state index >= 15 is 0 Å². The first-order chi connectivity index (χ1) is 15.9. The molecule has 13 heteroatoms. The highest BCUT2D eigenvalue weighted by Gasteiger charge is 2.19. The lowest BCUT2D eigenvalue weighted by Crippen LogP contribution is -2.36. The van der Waals surface area contributed by atoms with Gasteiger partial charge < -0.3 is 29.4 Å². The number of hydrogen-bond donors (Lipinski definition) is 2. The van der Waals surface area contributed by atoms with E-state index in [-0.39, 0.29) is 59.0 Å². The van der Waals surface area contributed by atoms with Crippen LogP contribution in [0.25, 0.3) is 11.4 Å². The average molecular weight is 514 g/mol. The van der Waals surface area contributed by atoms with Crippen molar-refractivity contribution in [1.82, 2.24) is 20.8 Å². The molecule has 0 spiro atoms. The van der Waals surface area contributed by atoms with Crippen LogP contribution in [0.3, 0.4) is 0 Å². The van der Waals surface area contributed by atoms with Gasteiger partial charge in [-0.15, -0.1) is 0 Å². The summed E-state index contributed by atoms with van der Waals surface area (Å²) in [5.74, 6) is 0.412. The molecule has 0 fully saturated rings. The summed E-state index contributed by atoms with van der Waals surface area (Å²) in [5, 5.41) is 9.71. The fourth-order valence-corrected chi connectivity index (χ4v) is 3.32. The summed E-state index contributed by atoms with van der Waals surface area (Å²) in [5.41, 5.74) is 0.608. The van der Waals surface area contributed by atoms with Crippen molar-refractivity contribution in [2.75, 3.05) is 26.5 Å². The number of amides is 2. The number of fused-ring (bicyclic) bond motifs is 1. The van der Waals surface area contributed by atoms with E-state index in [1.165, 1.54) is 12.1 Å². The molecular weight excluding hydrogens is 499 g/mol. The smallest absolute Gasteiger partial charge is 0.316 e. The third-order valence-corrected chi connectivity index (χ3v) is 5.33. The monoisotopic (exact) mass is 512 g/mol. The van der Waals surface area contributed by atoms with Gasteiger partial charge in [-0.2, -0.15) is 4.98 Å². The van der Waals surface area contributed by atoms with Crippen LogP contribution < -0.4 is 24.8 Å². The number of aromatic nitrogens is 2. The van der Waals surface area contributed by atoms with Gasteiger partial charge in [0, 0.05) is 24.7 Å². The van der Waals surface area contributed by atoms with Gasteiger partial charge in [-0.3, -0.25) is 9.59 Å². The highest BCUT2D eigenvalue weighted by atomic mass is 35.5. The number of nitrogens with zero attached hydrogens (tertiary/aromatic N) is 2. The Kier molecular flexibility index (Phi) is 7.07. The van der Waals surface area contributed by atoms with Gasteiger partial charge in [0.05, 0.1) is 15.1 Å². The van der Waals surface area contributed by atoms with Gasteiger partial charge in [-0.25, -0.2) is 0 Å². The molecule has 2 amide bonds. The van der Waals surface area contributed by atoms with Crippen LogP contribution in [0.4, 0.5) is 0 Å². The van der Waals surface area contributed by atoms with E-state index in [9.17, 15) is 9.59 Å². The highest BCUT2D eigenvalue weighted by molar-refractivity contribution is 6.43. The van der Waals surface area contributed by atoms with Crippen LogP contribution in [-0.4, -0.2) is 48.4 Å². The van der Waals surface area contributed by atoms with Gasteiger partial charge in [0.15, 0.2) is 18.1 Å². The highest BCUT2D eigenvalue weighted by Crippen LogP contribution is 2.35. The molecular formula is C20H15Cl3N4O6. The minimum atomic E-state index is -0.581. The molecule has 0 bridgehead atoms. The maximum Gasteiger partial charge on any atom is 0.316 e. The zero-order chi connectivity index (χ0) is 23.4. The Morgan fingerprint density at radius 2 is 1.73 bits per heavy atom. The van der Waals surface area contributed by atoms with Crippen molar-refractivity contribution in [3.8, 4) is 28.6 Å². The molecule has 10 nitrogen and oxygen atoms in total. The zero-order valence-electron chi connectivity index (χ0n) is 16.7. The maximum absolute atomic E-state index is 12.2. The average Bonchev–Trinajstić information content (AvgIpc) is 3.47. The second-order valence-electron chi connectivity index (χ2n) is 6.58. The molecule has 0 unspecified atom stereocenters. The Morgan fingerprint density at radius 1 is 0.970 bits per heavy atom. The molecule has 0 saturated carbocycles. The number of ether oxygens (including phenoxy) is 3. The first kappa shape index (κ1) is 23.0. The Balaban J connectivity index is 1.21. The van der Waals surface area contributed by atoms with Crippen LogP contribution in [0.1, 0.15) is 10.7 Å². The fourth-order valence-electron chi connectivity index (χ4n) is 2.73. The first-order valence-corrected chi connectivity index (χ1v) is 10.6. The summed E-state index contributed by atoms with van der Waals surface area (Å²) in [6.07, 6.45) is 0. The molecule has 0 atom stereocenters. The van der Waals surface area contributed by atoms with Crippen LogP contribution in [0, 0.1) is 0 Å². The van der Waals surface area contributed by atoms with Crippen LogP contribution in [-0.2, 0) is 4.79 Å². The minimum Gasteiger partial charge on any atom is -0.482 e. The summed E-state index contributed by atoms with van der Waals surface area (Å²) < 4.78 is 20.9. The number of carbonyl (C=O) groups excluding carboxylic acids is 2. The predicted molar refractivity (Wildman–Crippen MR) is 118 cm³/mol. The van der Waals surface area contributed by atoms with Gasteiger partial charge in [0.25, 0.3) is 5.91 Å². The second-order valence-corrected chi connectivity index (χ2v) is 7.80. The molecule has 0 radical (unpaired) electrons. The molecule has 2 N–H and O–H groups in total. The molecule has 3 aromatic rings. The molecule has 2 aromatic carbocycles. The van der Waals surface area contributed by atoms with Crippen molar-refractivity contribution < 1.29 is 28.3 Å². The number of benzene rings is 2. The van der Waals surface area contributed by atoms with Crippen molar-refractivity contribution in [3.05, 3.63) is 51.3 Å². The SMILES string of the molecule is O=C(COc1cc(Cl)c(Cl)cc1Cl)NCCNC(=O)c1nc(-c2ccc3c(c2)OCO3)no1. The zero-order valence-corrected chi connectivity index (χ0v) is 19.0. The largest absolute Gasteiger partial charge is 0.482 e. The number of nitrogens with one attached hydrogen (secondary N) is 2. The predicted octanol–water partition coefficient (Wildman–Crippen LogP) is 3.35. The number of hydrogen-bond acceptors (Lipinski definition) is 8. The first-order valence-electron chi connectivity index (χ1n) is 9.46. The standard InChI is InChI=1S/C20H15Cl3N4O6/c21-11-6-13(23)15(7-12(11)22)30-8-17(28)24-3-4-25-19(29)20-26-18(27-33-20)10-1-2-14-16(5-10)32-9-31-14/h1-2,5-7H,3-4,8-9H2,(H,24,28)(H,25,29). The minimum absolute atomic E-state index is 0.125. The van der Waals surface area contributed by atoms with Crippen molar-refractivity contribution in [2.45, 2.75) is 0 Å². The molecule has 33 heavy (non-hydrogen) atoms. The summed E-state index contributed by atoms with van der Waals surface area (Å²) in [7, 11) is 0. The third-order valence-electron chi connectivity index (χ3n) is 4.32. The topological polar surface area (TPSA) is 125 Å². The lowest BCUT2D eigenvalue weighted by atomic mass is 10.2. The Bertz CT molecular complexity index is 1200. The van der Waals surface area contributed by atoms with Gasteiger partial charge >= 0.3 is 11.8 Å². The lowest BCUT2D eigenvalue weighted by molar-refractivity contribution is -0.123. The maximum atomic E-state index is 12.2.